The lowest BCUT2D eigenvalue weighted by atomic mass is 9.77. The van der Waals surface area contributed by atoms with Crippen molar-refractivity contribution in [2.24, 2.45) is 11.8 Å². The van der Waals surface area contributed by atoms with Gasteiger partial charge in [0.1, 0.15) is 11.4 Å². The van der Waals surface area contributed by atoms with E-state index in [2.05, 4.69) is 82.6 Å². The number of aryl methyl sites for hydroxylation is 1. The number of halogens is 3. The van der Waals surface area contributed by atoms with Gasteiger partial charge in [-0.25, -0.2) is 4.98 Å². The second kappa shape index (κ2) is 15.9. The van der Waals surface area contributed by atoms with E-state index >= 15 is 0 Å². The van der Waals surface area contributed by atoms with Crippen LogP contribution in [0.25, 0.3) is 0 Å². The largest absolute Gasteiger partial charge is 0.421 e. The molecule has 1 spiro atoms. The number of anilines is 4. The van der Waals surface area contributed by atoms with Gasteiger partial charge in [0, 0.05) is 56.0 Å². The van der Waals surface area contributed by atoms with Crippen LogP contribution < -0.4 is 20.9 Å². The fourth-order valence-electron chi connectivity index (χ4n) is 5.27. The summed E-state index contributed by atoms with van der Waals surface area (Å²) in [6, 6.07) is 6.20. The molecular formula is C33H52F3N7S. The summed E-state index contributed by atoms with van der Waals surface area (Å²) < 4.78 is 41.0. The second-order valence-electron chi connectivity index (χ2n) is 13.0. The maximum Gasteiger partial charge on any atom is 0.421 e. The van der Waals surface area contributed by atoms with Gasteiger partial charge in [0.15, 0.2) is 0 Å². The highest BCUT2D eigenvalue weighted by atomic mass is 32.2. The third kappa shape index (κ3) is 9.88. The van der Waals surface area contributed by atoms with Gasteiger partial charge in [-0.2, -0.15) is 29.9 Å². The van der Waals surface area contributed by atoms with Crippen molar-refractivity contribution in [3.63, 3.8) is 0 Å². The predicted octanol–water partition coefficient (Wildman–Crippen LogP) is 7.28. The van der Waals surface area contributed by atoms with Crippen molar-refractivity contribution in [2.45, 2.75) is 77.9 Å². The Hall–Kier alpha value is -2.24. The molecule has 0 bridgehead atoms. The molecule has 0 atom stereocenters. The molecule has 3 N–H and O–H groups in total. The maximum absolute atomic E-state index is 13.7. The normalized spacial score (nSPS) is 17.6. The fourth-order valence-corrected chi connectivity index (χ4v) is 6.40. The molecule has 7 nitrogen and oxygen atoms in total. The molecule has 2 aromatic rings. The van der Waals surface area contributed by atoms with Gasteiger partial charge in [-0.1, -0.05) is 40.5 Å². The van der Waals surface area contributed by atoms with Crippen LogP contribution in [0, 0.1) is 11.8 Å². The van der Waals surface area contributed by atoms with Gasteiger partial charge in [-0.05, 0) is 80.6 Å². The van der Waals surface area contributed by atoms with E-state index in [-0.39, 0.29) is 11.8 Å². The highest BCUT2D eigenvalue weighted by molar-refractivity contribution is 7.99. The molecule has 1 saturated carbocycles. The van der Waals surface area contributed by atoms with Gasteiger partial charge in [0.25, 0.3) is 0 Å². The van der Waals surface area contributed by atoms with Gasteiger partial charge in [-0.15, -0.1) is 0 Å². The Kier molecular flexibility index (Phi) is 12.5. The minimum absolute atomic E-state index is 0.147. The minimum Gasteiger partial charge on any atom is -0.369 e. The Morgan fingerprint density at radius 1 is 1.11 bits per heavy atom. The first kappa shape index (κ1) is 34.6. The average molecular weight is 636 g/mol. The number of likely N-dealkylation sites (N-methyl/N-ethyl adjacent to an activating group) is 1. The number of benzene rings is 1. The maximum atomic E-state index is 13.7. The van der Waals surface area contributed by atoms with Crippen LogP contribution in [0.5, 0.6) is 0 Å². The fraction of sp³-hybridized carbons (Fsp3) is 0.697. The average Bonchev–Trinajstić information content (AvgIpc) is 3.74. The summed E-state index contributed by atoms with van der Waals surface area (Å²) in [5, 5.41) is 9.42. The van der Waals surface area contributed by atoms with Gasteiger partial charge < -0.3 is 20.9 Å². The monoisotopic (exact) mass is 635 g/mol. The Balaban J connectivity index is 0.00000102. The Morgan fingerprint density at radius 3 is 2.45 bits per heavy atom. The van der Waals surface area contributed by atoms with Crippen LogP contribution in [-0.4, -0.2) is 78.2 Å². The van der Waals surface area contributed by atoms with Crippen LogP contribution in [0.1, 0.15) is 70.9 Å². The molecular weight excluding hydrogens is 583 g/mol. The number of likely N-dealkylation sites (tertiary alicyclic amines) is 1. The molecule has 0 radical (unpaired) electrons. The van der Waals surface area contributed by atoms with Gasteiger partial charge in [0.2, 0.25) is 5.95 Å². The van der Waals surface area contributed by atoms with Crippen LogP contribution in [0.15, 0.2) is 24.4 Å². The number of nitrogens with one attached hydrogen (secondary N) is 3. The minimum atomic E-state index is -4.54. The molecule has 5 rings (SSSR count). The Labute approximate surface area is 266 Å². The SMILES string of the molecule is CC1CC1.CCc1cc(N2CC3(CCN3C)C2)ccc1Nc1ncc(C(F)(F)F)c(NCCCNCCSCCC(C)C)n1. The second-order valence-corrected chi connectivity index (χ2v) is 14.3. The molecule has 0 amide bonds. The van der Waals surface area contributed by atoms with Crippen molar-refractivity contribution in [2.75, 3.05) is 73.4 Å². The van der Waals surface area contributed by atoms with Crippen molar-refractivity contribution in [3.05, 3.63) is 35.5 Å². The molecule has 2 aliphatic heterocycles. The lowest BCUT2D eigenvalue weighted by molar-refractivity contribution is -0.137. The number of hydrogen-bond acceptors (Lipinski definition) is 8. The first-order valence-corrected chi connectivity index (χ1v) is 17.5. The molecule has 3 aliphatic rings. The van der Waals surface area contributed by atoms with Gasteiger partial charge in [0.05, 0.1) is 5.54 Å². The number of hydrogen-bond donors (Lipinski definition) is 3. The molecule has 0 unspecified atom stereocenters. The quantitative estimate of drug-likeness (QED) is 0.177. The summed E-state index contributed by atoms with van der Waals surface area (Å²) in [6.07, 6.45) is 3.23. The zero-order chi connectivity index (χ0) is 31.7. The zero-order valence-electron chi connectivity index (χ0n) is 27.2. The first-order chi connectivity index (χ1) is 21.0. The lowest BCUT2D eigenvalue weighted by Crippen LogP contribution is -2.75. The van der Waals surface area contributed by atoms with Crippen LogP contribution in [0.4, 0.5) is 36.3 Å². The molecule has 1 aromatic carbocycles. The summed E-state index contributed by atoms with van der Waals surface area (Å²) in [5.74, 6) is 3.95. The van der Waals surface area contributed by atoms with Crippen molar-refractivity contribution in [1.29, 1.82) is 0 Å². The summed E-state index contributed by atoms with van der Waals surface area (Å²) >= 11 is 1.93. The molecule has 3 heterocycles. The zero-order valence-corrected chi connectivity index (χ0v) is 28.0. The van der Waals surface area contributed by atoms with E-state index in [0.717, 1.165) is 79.9 Å². The van der Waals surface area contributed by atoms with Crippen molar-refractivity contribution in [3.8, 4) is 0 Å². The molecule has 44 heavy (non-hydrogen) atoms. The first-order valence-electron chi connectivity index (χ1n) is 16.3. The topological polar surface area (TPSA) is 68.3 Å². The van der Waals surface area contributed by atoms with E-state index in [0.29, 0.717) is 18.5 Å². The van der Waals surface area contributed by atoms with E-state index in [1.807, 2.05) is 17.8 Å². The molecule has 2 saturated heterocycles. The van der Waals surface area contributed by atoms with Crippen molar-refractivity contribution in [1.82, 2.24) is 20.2 Å². The molecule has 246 valence electrons. The summed E-state index contributed by atoms with van der Waals surface area (Å²) in [5.41, 5.74) is 2.54. The highest BCUT2D eigenvalue weighted by Crippen LogP contribution is 2.41. The van der Waals surface area contributed by atoms with Gasteiger partial charge >= 0.3 is 6.18 Å². The van der Waals surface area contributed by atoms with E-state index in [1.54, 1.807) is 0 Å². The van der Waals surface area contributed by atoms with Gasteiger partial charge in [-0.3, -0.25) is 4.90 Å². The molecule has 1 aromatic heterocycles. The summed E-state index contributed by atoms with van der Waals surface area (Å²) in [6.45, 7) is 14.0. The smallest absolute Gasteiger partial charge is 0.369 e. The van der Waals surface area contributed by atoms with Crippen LogP contribution in [-0.2, 0) is 12.6 Å². The molecule has 1 aliphatic carbocycles. The number of rotatable bonds is 15. The third-order valence-electron chi connectivity index (χ3n) is 8.82. The summed E-state index contributed by atoms with van der Waals surface area (Å²) in [4.78, 5) is 13.0. The van der Waals surface area contributed by atoms with E-state index in [9.17, 15) is 13.2 Å². The molecule has 3 fully saturated rings. The summed E-state index contributed by atoms with van der Waals surface area (Å²) in [7, 11) is 2.19. The Morgan fingerprint density at radius 2 is 1.86 bits per heavy atom. The van der Waals surface area contributed by atoms with Crippen molar-refractivity contribution >= 4 is 34.9 Å². The number of aromatic nitrogens is 2. The number of alkyl halides is 3. The number of nitrogens with zero attached hydrogens (tertiary/aromatic N) is 4. The van der Waals surface area contributed by atoms with E-state index < -0.39 is 11.7 Å². The van der Waals surface area contributed by atoms with Crippen LogP contribution in [0.3, 0.4) is 0 Å². The molecule has 11 heteroatoms. The third-order valence-corrected chi connectivity index (χ3v) is 9.84. The standard InChI is InChI=1S/C29H44F3N7S.C4H8/c1-5-22-17-23(39-19-28(20-39)10-14-38(28)4)7-8-25(22)36-27-35-18-24(29(30,31)32)26(37-27)34-12-6-11-33-13-16-40-15-9-21(2)3;1-4-2-3-4/h7-8,17-18,21,33H,5-6,9-16,19-20H2,1-4H3,(H2,34,35,36,37);4H,2-3H2,1H3. The van der Waals surface area contributed by atoms with Crippen LogP contribution in [0.2, 0.25) is 0 Å². The predicted molar refractivity (Wildman–Crippen MR) is 179 cm³/mol. The lowest BCUT2D eigenvalue weighted by Gasteiger charge is -2.62. The van der Waals surface area contributed by atoms with Crippen molar-refractivity contribution < 1.29 is 13.2 Å². The Bertz CT molecular complexity index is 1180. The number of thioether (sulfide) groups is 1. The van der Waals surface area contributed by atoms with E-state index in [1.165, 1.54) is 31.4 Å². The van der Waals surface area contributed by atoms with E-state index in [4.69, 9.17) is 0 Å². The highest BCUT2D eigenvalue weighted by Gasteiger charge is 2.51. The van der Waals surface area contributed by atoms with Crippen LogP contribution >= 0.6 is 11.8 Å².